The molecule has 0 atom stereocenters. The molecule has 0 amide bonds. The van der Waals surface area contributed by atoms with E-state index in [1.807, 2.05) is 60.7 Å². The number of hydrogen-bond donors (Lipinski definition) is 4. The molecule has 0 radical (unpaired) electrons. The van der Waals surface area contributed by atoms with Gasteiger partial charge in [0.2, 0.25) is 0 Å². The van der Waals surface area contributed by atoms with Crippen molar-refractivity contribution in [2.24, 2.45) is 20.0 Å². The largest absolute Gasteiger partial charge is 0.507 e. The van der Waals surface area contributed by atoms with Crippen molar-refractivity contribution in [2.75, 3.05) is 0 Å². The number of aliphatic imine (C=N–C) groups is 4. The molecule has 8 nitrogen and oxygen atoms in total. The fourth-order valence-corrected chi connectivity index (χ4v) is 4.96. The normalized spacial score (nSPS) is 11.3. The first-order valence-electron chi connectivity index (χ1n) is 15.5. The molecule has 10 heteroatoms. The number of nitrogens with zero attached hydrogens (tertiary/aromatic N) is 4. The van der Waals surface area contributed by atoms with Gasteiger partial charge in [0.05, 0.1) is 22.7 Å². The molecule has 0 spiro atoms. The summed E-state index contributed by atoms with van der Waals surface area (Å²) in [5.74, 6) is 0.473. The molecule has 0 bridgehead atoms. The maximum atomic E-state index is 10.3. The van der Waals surface area contributed by atoms with Gasteiger partial charge in [0, 0.05) is 86.1 Å². The van der Waals surface area contributed by atoms with Crippen molar-refractivity contribution in [2.45, 2.75) is 6.42 Å². The van der Waals surface area contributed by atoms with Crippen LogP contribution >= 0.6 is 0 Å². The van der Waals surface area contributed by atoms with Gasteiger partial charge in [-0.05, 0) is 90.3 Å². The molecule has 51 heavy (non-hydrogen) atoms. The number of phenolic OH excluding ortho intramolecular Hbond substituents is 4. The van der Waals surface area contributed by atoms with Crippen LogP contribution in [0.25, 0.3) is 0 Å². The summed E-state index contributed by atoms with van der Waals surface area (Å²) in [5, 5.41) is 41.0. The summed E-state index contributed by atoms with van der Waals surface area (Å²) in [6.07, 6.45) is 6.90. The Morgan fingerprint density at radius 2 is 0.627 bits per heavy atom. The SMILES string of the molecule is Oc1ccccc1C=Nc1ccc(Cc2ccc(N=Cc3ccccc3O)c(N=Cc3ccccc3O)c2)cc1N=Cc1ccccc1O.[Zn].[Zn]. The summed E-state index contributed by atoms with van der Waals surface area (Å²) in [5.41, 5.74) is 6.50. The van der Waals surface area contributed by atoms with Gasteiger partial charge in [-0.25, -0.2) is 0 Å². The van der Waals surface area contributed by atoms with Gasteiger partial charge in [-0.15, -0.1) is 0 Å². The molecule has 0 aliphatic carbocycles. The molecule has 6 aromatic rings. The smallest absolute Gasteiger partial charge is 0.124 e. The molecule has 0 saturated carbocycles. The predicted molar refractivity (Wildman–Crippen MR) is 197 cm³/mol. The number of para-hydroxylation sites is 4. The van der Waals surface area contributed by atoms with E-state index in [4.69, 9.17) is 0 Å². The first-order valence-corrected chi connectivity index (χ1v) is 15.5. The number of rotatable bonds is 10. The van der Waals surface area contributed by atoms with Crippen molar-refractivity contribution in [1.29, 1.82) is 0 Å². The number of benzene rings is 6. The van der Waals surface area contributed by atoms with Crippen molar-refractivity contribution in [3.63, 3.8) is 0 Å². The van der Waals surface area contributed by atoms with E-state index in [-0.39, 0.29) is 62.0 Å². The molecule has 0 aliphatic heterocycles. The maximum Gasteiger partial charge on any atom is 0.124 e. The fraction of sp³-hybridized carbons (Fsp3) is 0.0244. The zero-order valence-corrected chi connectivity index (χ0v) is 33.6. The topological polar surface area (TPSA) is 130 Å². The second-order valence-electron chi connectivity index (χ2n) is 11.1. The van der Waals surface area contributed by atoms with Gasteiger partial charge < -0.3 is 20.4 Å². The van der Waals surface area contributed by atoms with Crippen molar-refractivity contribution in [3.8, 4) is 23.0 Å². The number of hydrogen-bond acceptors (Lipinski definition) is 8. The van der Waals surface area contributed by atoms with Gasteiger partial charge in [-0.2, -0.15) is 0 Å². The van der Waals surface area contributed by atoms with Gasteiger partial charge >= 0.3 is 0 Å². The van der Waals surface area contributed by atoms with Gasteiger partial charge in [0.25, 0.3) is 0 Å². The molecular formula is C41H32N4O4Zn2. The molecule has 244 valence electrons. The molecule has 0 aliphatic rings. The first kappa shape index (κ1) is 38.3. The van der Waals surface area contributed by atoms with Gasteiger partial charge in [0.1, 0.15) is 23.0 Å². The fourth-order valence-electron chi connectivity index (χ4n) is 4.96. The van der Waals surface area contributed by atoms with Crippen LogP contribution in [-0.2, 0) is 45.4 Å². The zero-order valence-electron chi connectivity index (χ0n) is 27.7. The van der Waals surface area contributed by atoms with E-state index in [2.05, 4.69) is 20.0 Å². The average Bonchev–Trinajstić information content (AvgIpc) is 3.11. The standard InChI is InChI=1S/C41H32N4O4.2Zn/c46-38-13-5-1-9-30(38)24-42-34-19-17-28(22-36(34)44-26-32-11-3-7-15-40(32)48)21-29-18-20-35(43-25-31-10-2-6-14-39(31)47)37(23-29)45-27-33-12-4-8-16-41(33)49;;/h1-20,22-27,46-49H,21H2;;. The number of aromatic hydroxyl groups is 4. The van der Waals surface area contributed by atoms with Crippen LogP contribution < -0.4 is 0 Å². The second-order valence-corrected chi connectivity index (χ2v) is 11.1. The monoisotopic (exact) mass is 772 g/mol. The molecule has 4 N–H and O–H groups in total. The van der Waals surface area contributed by atoms with E-state index in [1.54, 1.807) is 97.7 Å². The van der Waals surface area contributed by atoms with Crippen LogP contribution in [0.1, 0.15) is 33.4 Å². The minimum Gasteiger partial charge on any atom is -0.507 e. The minimum absolute atomic E-state index is 0. The molecule has 0 saturated heterocycles. The van der Waals surface area contributed by atoms with E-state index >= 15 is 0 Å². The molecule has 0 aromatic heterocycles. The molecule has 0 fully saturated rings. The third-order valence-electron chi connectivity index (χ3n) is 7.61. The van der Waals surface area contributed by atoms with Gasteiger partial charge in [-0.3, -0.25) is 20.0 Å². The molecular weight excluding hydrogens is 743 g/mol. The van der Waals surface area contributed by atoms with Crippen molar-refractivity contribution >= 4 is 47.6 Å². The molecule has 0 unspecified atom stereocenters. The number of phenols is 4. The molecule has 6 aromatic carbocycles. The summed E-state index contributed by atoms with van der Waals surface area (Å²) >= 11 is 0. The average molecular weight is 776 g/mol. The van der Waals surface area contributed by atoms with Crippen molar-refractivity contribution < 1.29 is 59.4 Å². The summed E-state index contributed by atoms with van der Waals surface area (Å²) in [6, 6.07) is 39.3. The Kier molecular flexibility index (Phi) is 13.8. The van der Waals surface area contributed by atoms with E-state index < -0.39 is 0 Å². The second kappa shape index (κ2) is 18.4. The Bertz CT molecular complexity index is 2080. The zero-order chi connectivity index (χ0) is 34.0. The van der Waals surface area contributed by atoms with Crippen LogP contribution in [0.2, 0.25) is 0 Å². The van der Waals surface area contributed by atoms with Gasteiger partial charge in [0.15, 0.2) is 0 Å². The Morgan fingerprint density at radius 3 is 0.922 bits per heavy atom. The van der Waals surface area contributed by atoms with Crippen LogP contribution in [0.4, 0.5) is 22.7 Å². The van der Waals surface area contributed by atoms with Gasteiger partial charge in [-0.1, -0.05) is 60.7 Å². The van der Waals surface area contributed by atoms with Crippen LogP contribution in [0.15, 0.2) is 153 Å². The van der Waals surface area contributed by atoms with Crippen LogP contribution in [-0.4, -0.2) is 45.3 Å². The third kappa shape index (κ3) is 10.2. The Morgan fingerprint density at radius 1 is 0.353 bits per heavy atom. The van der Waals surface area contributed by atoms with Crippen molar-refractivity contribution in [3.05, 3.63) is 167 Å². The minimum atomic E-state index is 0. The summed E-state index contributed by atoms with van der Waals surface area (Å²) in [6.45, 7) is 0. The quantitative estimate of drug-likeness (QED) is 0.0817. The van der Waals surface area contributed by atoms with E-state index in [1.165, 1.54) is 0 Å². The molecule has 6 rings (SSSR count). The summed E-state index contributed by atoms with van der Waals surface area (Å²) in [7, 11) is 0. The molecule has 0 heterocycles. The van der Waals surface area contributed by atoms with Crippen LogP contribution in [0.3, 0.4) is 0 Å². The Balaban J connectivity index is 0.00000292. The first-order chi connectivity index (χ1) is 23.9. The Labute approximate surface area is 321 Å². The van der Waals surface area contributed by atoms with Crippen LogP contribution in [0, 0.1) is 0 Å². The summed E-state index contributed by atoms with van der Waals surface area (Å²) in [4.78, 5) is 18.6. The van der Waals surface area contributed by atoms with Crippen LogP contribution in [0.5, 0.6) is 23.0 Å². The van der Waals surface area contributed by atoms with E-state index in [0.717, 1.165) is 11.1 Å². The Hall–Kier alpha value is -5.55. The third-order valence-corrected chi connectivity index (χ3v) is 7.61. The maximum absolute atomic E-state index is 10.3. The van der Waals surface area contributed by atoms with E-state index in [9.17, 15) is 20.4 Å². The van der Waals surface area contributed by atoms with Crippen molar-refractivity contribution in [1.82, 2.24) is 0 Å². The summed E-state index contributed by atoms with van der Waals surface area (Å²) < 4.78 is 0. The predicted octanol–water partition coefficient (Wildman–Crippen LogP) is 9.10. The van der Waals surface area contributed by atoms with E-state index in [0.29, 0.717) is 51.4 Å².